The largest absolute Gasteiger partial charge is 0.446 e. The van der Waals surface area contributed by atoms with Gasteiger partial charge in [-0.15, -0.1) is 0 Å². The molecule has 0 radical (unpaired) electrons. The van der Waals surface area contributed by atoms with Gasteiger partial charge < -0.3 is 9.47 Å². The monoisotopic (exact) mass is 293 g/mol. The first-order valence-electron chi connectivity index (χ1n) is 5.68. The van der Waals surface area contributed by atoms with Crippen LogP contribution < -0.4 is 4.72 Å². The lowest BCUT2D eigenvalue weighted by atomic mass is 10.4. The Morgan fingerprint density at radius 1 is 1.42 bits per heavy atom. The molecule has 0 bridgehead atoms. The fourth-order valence-electron chi connectivity index (χ4n) is 1.13. The minimum atomic E-state index is -4.03. The summed E-state index contributed by atoms with van der Waals surface area (Å²) >= 11 is 0. The molecule has 8 nitrogen and oxygen atoms in total. The second-order valence-electron chi connectivity index (χ2n) is 3.86. The molecule has 0 aliphatic heterocycles. The van der Waals surface area contributed by atoms with E-state index in [0.29, 0.717) is 0 Å². The molecule has 19 heavy (non-hydrogen) atoms. The maximum atomic E-state index is 11.9. The number of rotatable bonds is 8. The van der Waals surface area contributed by atoms with Gasteiger partial charge in [0.1, 0.15) is 0 Å². The van der Waals surface area contributed by atoms with Crippen LogP contribution in [0.15, 0.2) is 0 Å². The number of hydrogen-bond acceptors (Lipinski definition) is 6. The van der Waals surface area contributed by atoms with E-state index in [4.69, 9.17) is 14.7 Å². The SMILES string of the molecule is COCCN(CCC#N)S(=O)(=O)NC(=O)OC(C)C. The van der Waals surface area contributed by atoms with E-state index in [1.165, 1.54) is 7.11 Å². The molecule has 110 valence electrons. The Morgan fingerprint density at radius 3 is 2.53 bits per heavy atom. The van der Waals surface area contributed by atoms with Gasteiger partial charge in [-0.1, -0.05) is 0 Å². The van der Waals surface area contributed by atoms with Crippen molar-refractivity contribution in [1.82, 2.24) is 9.03 Å². The van der Waals surface area contributed by atoms with E-state index in [1.54, 1.807) is 18.6 Å². The van der Waals surface area contributed by atoms with Crippen LogP contribution in [-0.4, -0.2) is 51.7 Å². The Hall–Kier alpha value is -1.37. The molecular weight excluding hydrogens is 274 g/mol. The van der Waals surface area contributed by atoms with Crippen molar-refractivity contribution in [2.45, 2.75) is 26.4 Å². The van der Waals surface area contributed by atoms with Crippen LogP contribution >= 0.6 is 0 Å². The normalized spacial score (nSPS) is 11.4. The highest BCUT2D eigenvalue weighted by atomic mass is 32.2. The Labute approximate surface area is 113 Å². The van der Waals surface area contributed by atoms with Crippen LogP contribution in [0.25, 0.3) is 0 Å². The van der Waals surface area contributed by atoms with Crippen LogP contribution in [0.1, 0.15) is 20.3 Å². The summed E-state index contributed by atoms with van der Waals surface area (Å²) in [5.41, 5.74) is 0. The lowest BCUT2D eigenvalue weighted by molar-refractivity contribution is 0.120. The summed E-state index contributed by atoms with van der Waals surface area (Å²) in [5.74, 6) is 0. The van der Waals surface area contributed by atoms with Crippen LogP contribution in [0, 0.1) is 11.3 Å². The molecule has 0 saturated carbocycles. The van der Waals surface area contributed by atoms with Crippen LogP contribution in [0.4, 0.5) is 4.79 Å². The van der Waals surface area contributed by atoms with E-state index in [9.17, 15) is 13.2 Å². The van der Waals surface area contributed by atoms with Crippen molar-refractivity contribution in [3.63, 3.8) is 0 Å². The zero-order valence-corrected chi connectivity index (χ0v) is 12.1. The molecule has 0 aromatic rings. The second-order valence-corrected chi connectivity index (χ2v) is 5.53. The highest BCUT2D eigenvalue weighted by molar-refractivity contribution is 7.87. The first-order chi connectivity index (χ1) is 8.83. The maximum absolute atomic E-state index is 11.9. The van der Waals surface area contributed by atoms with Crippen molar-refractivity contribution < 1.29 is 22.7 Å². The molecule has 0 unspecified atom stereocenters. The maximum Gasteiger partial charge on any atom is 0.422 e. The Bertz CT molecular complexity index is 415. The standard InChI is InChI=1S/C10H19N3O5S/c1-9(2)18-10(14)12-19(15,16)13(6-4-5-11)7-8-17-3/h9H,4,6-8H2,1-3H3,(H,12,14). The van der Waals surface area contributed by atoms with Crippen LogP contribution in [-0.2, 0) is 19.7 Å². The Kier molecular flexibility index (Phi) is 8.06. The summed E-state index contributed by atoms with van der Waals surface area (Å²) in [5, 5.41) is 8.49. The highest BCUT2D eigenvalue weighted by Gasteiger charge is 2.24. The molecule has 0 aliphatic carbocycles. The van der Waals surface area contributed by atoms with Gasteiger partial charge in [0.2, 0.25) is 0 Å². The molecule has 0 fully saturated rings. The average Bonchev–Trinajstić information content (AvgIpc) is 2.26. The predicted molar refractivity (Wildman–Crippen MR) is 67.4 cm³/mol. The van der Waals surface area contributed by atoms with Gasteiger partial charge in [0.25, 0.3) is 0 Å². The van der Waals surface area contributed by atoms with Crippen LogP contribution in [0.3, 0.4) is 0 Å². The summed E-state index contributed by atoms with van der Waals surface area (Å²) in [6.45, 7) is 3.38. The summed E-state index contributed by atoms with van der Waals surface area (Å²) < 4.78 is 36.0. The number of hydrogen-bond donors (Lipinski definition) is 1. The number of nitrogens with one attached hydrogen (secondary N) is 1. The topological polar surface area (TPSA) is 109 Å². The average molecular weight is 293 g/mol. The van der Waals surface area contributed by atoms with Crippen molar-refractivity contribution in [2.24, 2.45) is 0 Å². The summed E-state index contributed by atoms with van der Waals surface area (Å²) in [6.07, 6.45) is -1.46. The fourth-order valence-corrected chi connectivity index (χ4v) is 2.16. The second kappa shape index (κ2) is 8.68. The van der Waals surface area contributed by atoms with Gasteiger partial charge in [-0.25, -0.2) is 9.52 Å². The minimum Gasteiger partial charge on any atom is -0.446 e. The molecule has 1 amide bonds. The van der Waals surface area contributed by atoms with Crippen molar-refractivity contribution in [1.29, 1.82) is 5.26 Å². The van der Waals surface area contributed by atoms with Gasteiger partial charge in [0.15, 0.2) is 0 Å². The first-order valence-corrected chi connectivity index (χ1v) is 7.12. The molecule has 9 heteroatoms. The van der Waals surface area contributed by atoms with E-state index >= 15 is 0 Å². The third-order valence-electron chi connectivity index (χ3n) is 1.91. The third kappa shape index (κ3) is 7.61. The Balaban J connectivity index is 4.67. The van der Waals surface area contributed by atoms with E-state index in [0.717, 1.165) is 4.31 Å². The van der Waals surface area contributed by atoms with E-state index in [2.05, 4.69) is 0 Å². The number of methoxy groups -OCH3 is 1. The van der Waals surface area contributed by atoms with E-state index < -0.39 is 22.4 Å². The zero-order chi connectivity index (χ0) is 14.9. The fraction of sp³-hybridized carbons (Fsp3) is 0.800. The molecular formula is C10H19N3O5S. The molecule has 0 rings (SSSR count). The highest BCUT2D eigenvalue weighted by Crippen LogP contribution is 2.01. The minimum absolute atomic E-state index is 0.0177. The first kappa shape index (κ1) is 17.6. The number of carbonyl (C=O) groups is 1. The van der Waals surface area contributed by atoms with Crippen LogP contribution in [0.2, 0.25) is 0 Å². The van der Waals surface area contributed by atoms with Crippen LogP contribution in [0.5, 0.6) is 0 Å². The van der Waals surface area contributed by atoms with Gasteiger partial charge >= 0.3 is 16.3 Å². The van der Waals surface area contributed by atoms with Crippen molar-refractivity contribution in [3.8, 4) is 6.07 Å². The summed E-state index contributed by atoms with van der Waals surface area (Å²) in [6, 6.07) is 1.84. The molecule has 0 heterocycles. The third-order valence-corrected chi connectivity index (χ3v) is 3.38. The van der Waals surface area contributed by atoms with Gasteiger partial charge in [-0.05, 0) is 13.8 Å². The number of nitrogens with zero attached hydrogens (tertiary/aromatic N) is 2. The zero-order valence-electron chi connectivity index (χ0n) is 11.2. The smallest absolute Gasteiger partial charge is 0.422 e. The molecule has 0 saturated heterocycles. The van der Waals surface area contributed by atoms with E-state index in [-0.39, 0.29) is 26.1 Å². The van der Waals surface area contributed by atoms with Gasteiger partial charge in [0, 0.05) is 26.6 Å². The van der Waals surface area contributed by atoms with Gasteiger partial charge in [-0.2, -0.15) is 18.0 Å². The molecule has 0 atom stereocenters. The molecule has 0 aliphatic rings. The van der Waals surface area contributed by atoms with Crippen molar-refractivity contribution in [2.75, 3.05) is 26.8 Å². The molecule has 0 spiro atoms. The van der Waals surface area contributed by atoms with Crippen molar-refractivity contribution in [3.05, 3.63) is 0 Å². The van der Waals surface area contributed by atoms with Gasteiger partial charge in [-0.3, -0.25) is 0 Å². The van der Waals surface area contributed by atoms with E-state index in [1.807, 2.05) is 6.07 Å². The quantitative estimate of drug-likeness (QED) is 0.686. The lowest BCUT2D eigenvalue weighted by Gasteiger charge is -2.21. The summed E-state index contributed by atoms with van der Waals surface area (Å²) in [7, 11) is -2.61. The van der Waals surface area contributed by atoms with Crippen molar-refractivity contribution >= 4 is 16.3 Å². The molecule has 1 N–H and O–H groups in total. The molecule has 0 aromatic carbocycles. The number of amides is 1. The number of nitriles is 1. The number of ether oxygens (including phenoxy) is 2. The summed E-state index contributed by atoms with van der Waals surface area (Å²) in [4.78, 5) is 11.3. The number of carbonyl (C=O) groups excluding carboxylic acids is 1. The Morgan fingerprint density at radius 2 is 2.05 bits per heavy atom. The predicted octanol–water partition coefficient (Wildman–Crippen LogP) is 0.228. The molecule has 0 aromatic heterocycles. The van der Waals surface area contributed by atoms with Gasteiger partial charge in [0.05, 0.1) is 18.8 Å². The lowest BCUT2D eigenvalue weighted by Crippen LogP contribution is -2.45.